The van der Waals surface area contributed by atoms with Gasteiger partial charge in [0.15, 0.2) is 0 Å². The second-order valence-corrected chi connectivity index (χ2v) is 9.10. The molecule has 8 heteroatoms. The van der Waals surface area contributed by atoms with Gasteiger partial charge in [0.2, 0.25) is 0 Å². The number of nitrogens with zero attached hydrogens (tertiary/aromatic N) is 1. The largest absolute Gasteiger partial charge is 0.341 e. The number of hydrogen-bond donors (Lipinski definition) is 0. The number of carbonyl (C=O) groups excluding carboxylic acids is 1. The van der Waals surface area contributed by atoms with Crippen LogP contribution in [-0.4, -0.2) is 32.8 Å². The van der Waals surface area contributed by atoms with Crippen molar-refractivity contribution in [2.24, 2.45) is 11.8 Å². The Kier molecular flexibility index (Phi) is 4.93. The Balaban J connectivity index is 2.31. The molecule has 2 unspecified atom stereocenters. The molecule has 4 nitrogen and oxygen atoms in total. The zero-order valence-corrected chi connectivity index (χ0v) is 15.4. The fourth-order valence-corrected chi connectivity index (χ4v) is 4.55. The Morgan fingerprint density at radius 3 is 2.52 bits per heavy atom. The maximum absolute atomic E-state index is 12.4. The summed E-state index contributed by atoms with van der Waals surface area (Å²) in [6.07, 6.45) is 1.11. The lowest BCUT2D eigenvalue weighted by Crippen LogP contribution is -2.29. The molecule has 0 radical (unpaired) electrons. The molecular formula is C13H14BrCl2NO3S. The summed E-state index contributed by atoms with van der Waals surface area (Å²) in [5, 5.41) is 0.133. The number of hydrogen-bond acceptors (Lipinski definition) is 3. The van der Waals surface area contributed by atoms with Crippen molar-refractivity contribution >= 4 is 53.2 Å². The van der Waals surface area contributed by atoms with E-state index in [9.17, 15) is 13.2 Å². The highest BCUT2D eigenvalue weighted by molar-refractivity contribution is 9.10. The highest BCUT2D eigenvalue weighted by Gasteiger charge is 2.34. The van der Waals surface area contributed by atoms with Crippen LogP contribution in [-0.2, 0) is 9.05 Å². The summed E-state index contributed by atoms with van der Waals surface area (Å²) in [5.74, 6) is 0.874. The standard InChI is InChI=1S/C13H14BrCl2NO3S/c1-7-3-9(7)6-17(2)13(18)8-4-10(15)12(14)11(5-8)21(16,19)20/h4-5,7,9H,3,6H2,1-2H3. The fraction of sp³-hybridized carbons (Fsp3) is 0.462. The van der Waals surface area contributed by atoms with Crippen molar-refractivity contribution in [3.05, 3.63) is 27.2 Å². The molecule has 1 aromatic carbocycles. The van der Waals surface area contributed by atoms with Gasteiger partial charge in [-0.2, -0.15) is 0 Å². The van der Waals surface area contributed by atoms with Gasteiger partial charge >= 0.3 is 0 Å². The van der Waals surface area contributed by atoms with Gasteiger partial charge in [-0.05, 0) is 46.3 Å². The second-order valence-electron chi connectivity index (χ2n) is 5.37. The molecule has 0 spiro atoms. The Labute approximate surface area is 142 Å². The van der Waals surface area contributed by atoms with Crippen LogP contribution in [0.3, 0.4) is 0 Å². The lowest BCUT2D eigenvalue weighted by Gasteiger charge is -2.18. The Hall–Kier alpha value is -0.300. The SMILES string of the molecule is CC1CC1CN(C)C(=O)c1cc(Cl)c(Br)c(S(=O)(=O)Cl)c1. The molecule has 116 valence electrons. The number of benzene rings is 1. The van der Waals surface area contributed by atoms with Crippen LogP contribution in [0, 0.1) is 11.8 Å². The van der Waals surface area contributed by atoms with E-state index in [2.05, 4.69) is 22.9 Å². The van der Waals surface area contributed by atoms with Gasteiger partial charge in [0, 0.05) is 29.8 Å². The summed E-state index contributed by atoms with van der Waals surface area (Å²) >= 11 is 9.05. The number of carbonyl (C=O) groups is 1. The number of rotatable bonds is 4. The molecule has 1 saturated carbocycles. The highest BCUT2D eigenvalue weighted by Crippen LogP contribution is 2.38. The predicted molar refractivity (Wildman–Crippen MR) is 86.4 cm³/mol. The fourth-order valence-electron chi connectivity index (χ4n) is 2.17. The molecule has 0 aliphatic heterocycles. The smallest absolute Gasteiger partial charge is 0.262 e. The first-order valence-corrected chi connectivity index (χ1v) is 9.78. The molecule has 1 aliphatic carbocycles. The average Bonchev–Trinajstić information content (AvgIpc) is 3.05. The van der Waals surface area contributed by atoms with Crippen molar-refractivity contribution in [2.75, 3.05) is 13.6 Å². The van der Waals surface area contributed by atoms with Gasteiger partial charge in [0.25, 0.3) is 15.0 Å². The summed E-state index contributed by atoms with van der Waals surface area (Å²) in [6, 6.07) is 2.68. The van der Waals surface area contributed by atoms with Crippen LogP contribution < -0.4 is 0 Å². The monoisotopic (exact) mass is 413 g/mol. The van der Waals surface area contributed by atoms with Crippen molar-refractivity contribution in [3.8, 4) is 0 Å². The van der Waals surface area contributed by atoms with E-state index in [0.717, 1.165) is 6.42 Å². The Morgan fingerprint density at radius 2 is 2.05 bits per heavy atom. The van der Waals surface area contributed by atoms with Gasteiger partial charge in [-0.3, -0.25) is 4.79 Å². The summed E-state index contributed by atoms with van der Waals surface area (Å²) in [7, 11) is 3.07. The van der Waals surface area contributed by atoms with E-state index in [1.165, 1.54) is 12.1 Å². The lowest BCUT2D eigenvalue weighted by molar-refractivity contribution is 0.0787. The lowest BCUT2D eigenvalue weighted by atomic mass is 10.2. The van der Waals surface area contributed by atoms with E-state index in [1.54, 1.807) is 11.9 Å². The van der Waals surface area contributed by atoms with E-state index in [0.29, 0.717) is 18.4 Å². The van der Waals surface area contributed by atoms with E-state index in [-0.39, 0.29) is 25.9 Å². The third-order valence-electron chi connectivity index (χ3n) is 3.64. The first-order valence-electron chi connectivity index (χ1n) is 6.30. The van der Waals surface area contributed by atoms with Crippen LogP contribution in [0.15, 0.2) is 21.5 Å². The van der Waals surface area contributed by atoms with Gasteiger partial charge in [-0.1, -0.05) is 18.5 Å². The van der Waals surface area contributed by atoms with Crippen molar-refractivity contribution in [1.29, 1.82) is 0 Å². The van der Waals surface area contributed by atoms with Gasteiger partial charge in [0.1, 0.15) is 0 Å². The zero-order chi connectivity index (χ0) is 15.9. The van der Waals surface area contributed by atoms with Crippen LogP contribution in [0.5, 0.6) is 0 Å². The number of halogens is 3. The van der Waals surface area contributed by atoms with Crippen LogP contribution in [0.1, 0.15) is 23.7 Å². The minimum atomic E-state index is -3.99. The van der Waals surface area contributed by atoms with Crippen molar-refractivity contribution in [1.82, 2.24) is 4.90 Å². The highest BCUT2D eigenvalue weighted by atomic mass is 79.9. The summed E-state index contributed by atoms with van der Waals surface area (Å²) in [5.41, 5.74) is 0.207. The quantitative estimate of drug-likeness (QED) is 0.704. The summed E-state index contributed by atoms with van der Waals surface area (Å²) in [6.45, 7) is 2.79. The molecule has 0 saturated heterocycles. The molecule has 1 amide bonds. The maximum atomic E-state index is 12.4. The Bertz CT molecular complexity index is 693. The minimum Gasteiger partial charge on any atom is -0.341 e. The molecule has 0 N–H and O–H groups in total. The zero-order valence-electron chi connectivity index (χ0n) is 11.4. The maximum Gasteiger partial charge on any atom is 0.262 e. The second kappa shape index (κ2) is 6.07. The summed E-state index contributed by atoms with van der Waals surface area (Å²) < 4.78 is 23.2. The summed E-state index contributed by atoms with van der Waals surface area (Å²) in [4.78, 5) is 13.8. The van der Waals surface area contributed by atoms with Gasteiger partial charge in [0.05, 0.1) is 14.4 Å². The van der Waals surface area contributed by atoms with E-state index >= 15 is 0 Å². The molecule has 1 fully saturated rings. The molecule has 2 rings (SSSR count). The van der Waals surface area contributed by atoms with Gasteiger partial charge in [-0.25, -0.2) is 8.42 Å². The van der Waals surface area contributed by atoms with Crippen molar-refractivity contribution < 1.29 is 13.2 Å². The van der Waals surface area contributed by atoms with Crippen LogP contribution in [0.2, 0.25) is 5.02 Å². The van der Waals surface area contributed by atoms with Gasteiger partial charge < -0.3 is 4.90 Å². The normalized spacial score (nSPS) is 21.2. The molecular weight excluding hydrogens is 401 g/mol. The molecule has 0 heterocycles. The topological polar surface area (TPSA) is 54.5 Å². The third-order valence-corrected chi connectivity index (χ3v) is 6.62. The molecule has 0 bridgehead atoms. The van der Waals surface area contributed by atoms with Gasteiger partial charge in [-0.15, -0.1) is 0 Å². The first kappa shape index (κ1) is 17.1. The van der Waals surface area contributed by atoms with Crippen molar-refractivity contribution in [3.63, 3.8) is 0 Å². The molecule has 2 atom stereocenters. The molecule has 21 heavy (non-hydrogen) atoms. The molecule has 1 aromatic rings. The van der Waals surface area contributed by atoms with E-state index < -0.39 is 9.05 Å². The predicted octanol–water partition coefficient (Wildman–Crippen LogP) is 3.76. The van der Waals surface area contributed by atoms with Crippen LogP contribution in [0.4, 0.5) is 0 Å². The first-order chi connectivity index (χ1) is 9.61. The molecule has 1 aliphatic rings. The minimum absolute atomic E-state index is 0.133. The van der Waals surface area contributed by atoms with E-state index in [1.807, 2.05) is 0 Å². The van der Waals surface area contributed by atoms with E-state index in [4.69, 9.17) is 22.3 Å². The van der Waals surface area contributed by atoms with Crippen LogP contribution >= 0.6 is 38.2 Å². The average molecular weight is 415 g/mol. The third kappa shape index (κ3) is 3.92. The van der Waals surface area contributed by atoms with Crippen LogP contribution in [0.25, 0.3) is 0 Å². The van der Waals surface area contributed by atoms with Crippen molar-refractivity contribution in [2.45, 2.75) is 18.2 Å². The molecule has 0 aromatic heterocycles. The Morgan fingerprint density at radius 1 is 1.48 bits per heavy atom. The number of amides is 1.